The molecule has 0 fully saturated rings. The van der Waals surface area contributed by atoms with Crippen molar-refractivity contribution < 1.29 is 18.3 Å². The van der Waals surface area contributed by atoms with Gasteiger partial charge in [-0.05, 0) is 12.1 Å². The maximum Gasteiger partial charge on any atom is 0.337 e. The molecule has 0 saturated carbocycles. The number of carbonyl (C=O) groups is 1. The lowest BCUT2D eigenvalue weighted by molar-refractivity contribution is 0.0695. The maximum atomic E-state index is 12.4. The summed E-state index contributed by atoms with van der Waals surface area (Å²) in [6.45, 7) is 0. The first-order valence-electron chi connectivity index (χ1n) is 7.01. The normalized spacial score (nSPS) is 11.5. The summed E-state index contributed by atoms with van der Waals surface area (Å²) in [5.74, 6) is -1.36. The lowest BCUT2D eigenvalue weighted by Crippen LogP contribution is -2.13. The fourth-order valence-electron chi connectivity index (χ4n) is 2.68. The Balaban J connectivity index is 2.61. The van der Waals surface area contributed by atoms with Crippen molar-refractivity contribution >= 4 is 32.4 Å². The Morgan fingerprint density at radius 2 is 1.75 bits per heavy atom. The Labute approximate surface area is 138 Å². The predicted molar refractivity (Wildman–Crippen MR) is 91.7 cm³/mol. The van der Waals surface area contributed by atoms with Gasteiger partial charge in [0.15, 0.2) is 9.84 Å². The van der Waals surface area contributed by atoms with Gasteiger partial charge < -0.3 is 10.8 Å². The number of sulfone groups is 1. The molecule has 0 aliphatic carbocycles. The van der Waals surface area contributed by atoms with Gasteiger partial charge in [-0.1, -0.05) is 36.4 Å². The third-order valence-electron chi connectivity index (χ3n) is 3.63. The van der Waals surface area contributed by atoms with Crippen molar-refractivity contribution in [1.82, 2.24) is 4.98 Å². The number of fused-ring (bicyclic) bond motifs is 1. The summed E-state index contributed by atoms with van der Waals surface area (Å²) >= 11 is 0. The molecule has 24 heavy (non-hydrogen) atoms. The number of carboxylic acids is 1. The van der Waals surface area contributed by atoms with Crippen LogP contribution < -0.4 is 5.73 Å². The van der Waals surface area contributed by atoms with Crippen LogP contribution in [0.25, 0.3) is 22.2 Å². The number of carboxylic acid groups (broad SMARTS) is 1. The average molecular weight is 342 g/mol. The van der Waals surface area contributed by atoms with E-state index in [0.717, 1.165) is 6.26 Å². The minimum Gasteiger partial charge on any atom is -0.478 e. The third-order valence-corrected chi connectivity index (χ3v) is 4.77. The van der Waals surface area contributed by atoms with Crippen LogP contribution in [-0.2, 0) is 9.84 Å². The van der Waals surface area contributed by atoms with E-state index in [2.05, 4.69) is 4.98 Å². The Kier molecular flexibility index (Phi) is 3.73. The van der Waals surface area contributed by atoms with Crippen molar-refractivity contribution in [3.05, 3.63) is 54.1 Å². The highest BCUT2D eigenvalue weighted by Crippen LogP contribution is 2.35. The molecule has 0 unspecified atom stereocenters. The van der Waals surface area contributed by atoms with Crippen LogP contribution in [0, 0.1) is 0 Å². The molecule has 3 rings (SSSR count). The zero-order valence-electron chi connectivity index (χ0n) is 12.7. The summed E-state index contributed by atoms with van der Waals surface area (Å²) in [7, 11) is -3.86. The molecule has 122 valence electrons. The number of nitrogens with two attached hydrogens (primary N) is 1. The van der Waals surface area contributed by atoms with Crippen LogP contribution in [0.2, 0.25) is 0 Å². The van der Waals surface area contributed by atoms with Crippen molar-refractivity contribution in [2.75, 3.05) is 12.0 Å². The van der Waals surface area contributed by atoms with Crippen LogP contribution in [-0.4, -0.2) is 30.7 Å². The Hall–Kier alpha value is -2.93. The molecule has 2 aromatic carbocycles. The largest absolute Gasteiger partial charge is 0.478 e. The number of hydrogen-bond acceptors (Lipinski definition) is 5. The number of anilines is 1. The van der Waals surface area contributed by atoms with Gasteiger partial charge in [0.25, 0.3) is 0 Å². The number of nitrogen functional groups attached to an aromatic ring is 1. The van der Waals surface area contributed by atoms with Gasteiger partial charge in [-0.15, -0.1) is 0 Å². The van der Waals surface area contributed by atoms with E-state index in [1.807, 2.05) is 0 Å². The van der Waals surface area contributed by atoms with Gasteiger partial charge in [-0.2, -0.15) is 0 Å². The molecule has 0 amide bonds. The maximum absolute atomic E-state index is 12.4. The molecule has 1 heterocycles. The van der Waals surface area contributed by atoms with E-state index in [1.165, 1.54) is 6.07 Å². The Morgan fingerprint density at radius 1 is 1.08 bits per heavy atom. The average Bonchev–Trinajstić information content (AvgIpc) is 2.53. The summed E-state index contributed by atoms with van der Waals surface area (Å²) in [6.07, 6.45) is 0.966. The second-order valence-electron chi connectivity index (χ2n) is 5.35. The molecule has 0 spiro atoms. The first-order valence-corrected chi connectivity index (χ1v) is 8.91. The van der Waals surface area contributed by atoms with Gasteiger partial charge in [-0.3, -0.25) is 0 Å². The van der Waals surface area contributed by atoms with Crippen molar-refractivity contribution in [2.45, 2.75) is 4.90 Å². The fraction of sp³-hybridized carbons (Fsp3) is 0.0588. The SMILES string of the molecule is CS(=O)(=O)c1c(-c2ccccc2)nc2cccc(N)c2c1C(=O)O. The molecule has 0 aliphatic rings. The predicted octanol–water partition coefficient (Wildman–Crippen LogP) is 2.59. The van der Waals surface area contributed by atoms with Gasteiger partial charge in [0.2, 0.25) is 0 Å². The molecule has 0 aliphatic heterocycles. The van der Waals surface area contributed by atoms with Gasteiger partial charge in [-0.25, -0.2) is 18.2 Å². The van der Waals surface area contributed by atoms with E-state index in [9.17, 15) is 18.3 Å². The van der Waals surface area contributed by atoms with Gasteiger partial charge in [0.1, 0.15) is 4.90 Å². The number of aromatic carboxylic acids is 1. The Morgan fingerprint density at radius 3 is 2.33 bits per heavy atom. The molecule has 1 aromatic heterocycles. The van der Waals surface area contributed by atoms with Crippen LogP contribution in [0.15, 0.2) is 53.4 Å². The van der Waals surface area contributed by atoms with Crippen LogP contribution >= 0.6 is 0 Å². The molecule has 6 nitrogen and oxygen atoms in total. The van der Waals surface area contributed by atoms with E-state index in [1.54, 1.807) is 42.5 Å². The molecule has 0 bridgehead atoms. The lowest BCUT2D eigenvalue weighted by atomic mass is 10.0. The summed E-state index contributed by atoms with van der Waals surface area (Å²) in [5.41, 5.74) is 6.67. The number of hydrogen-bond donors (Lipinski definition) is 2. The molecule has 7 heteroatoms. The summed E-state index contributed by atoms with van der Waals surface area (Å²) in [6, 6.07) is 13.4. The summed E-state index contributed by atoms with van der Waals surface area (Å²) in [5, 5.41) is 9.80. The number of pyridine rings is 1. The summed E-state index contributed by atoms with van der Waals surface area (Å²) < 4.78 is 24.7. The lowest BCUT2D eigenvalue weighted by Gasteiger charge is -2.15. The number of rotatable bonds is 3. The van der Waals surface area contributed by atoms with Crippen LogP contribution in [0.4, 0.5) is 5.69 Å². The minimum atomic E-state index is -3.86. The van der Waals surface area contributed by atoms with E-state index in [-0.39, 0.29) is 27.2 Å². The molecular formula is C17H14N2O4S. The fourth-order valence-corrected chi connectivity index (χ4v) is 3.76. The van der Waals surface area contributed by atoms with Crippen molar-refractivity contribution in [1.29, 1.82) is 0 Å². The highest BCUT2D eigenvalue weighted by atomic mass is 32.2. The number of benzene rings is 2. The van der Waals surface area contributed by atoms with Gasteiger partial charge in [0, 0.05) is 22.9 Å². The van der Waals surface area contributed by atoms with E-state index < -0.39 is 15.8 Å². The van der Waals surface area contributed by atoms with Crippen molar-refractivity contribution in [3.63, 3.8) is 0 Å². The quantitative estimate of drug-likeness (QED) is 0.708. The van der Waals surface area contributed by atoms with E-state index >= 15 is 0 Å². The molecule has 0 saturated heterocycles. The molecule has 0 radical (unpaired) electrons. The zero-order chi connectivity index (χ0) is 17.5. The van der Waals surface area contributed by atoms with Gasteiger partial charge >= 0.3 is 5.97 Å². The second-order valence-corrected chi connectivity index (χ2v) is 7.30. The van der Waals surface area contributed by atoms with Gasteiger partial charge in [0.05, 0.1) is 16.8 Å². The third kappa shape index (κ3) is 2.59. The molecule has 0 atom stereocenters. The standard InChI is InChI=1S/C17H14N2O4S/c1-24(22,23)16-14(17(20)21)13-11(18)8-5-9-12(13)19-15(16)10-6-3-2-4-7-10/h2-9H,18H2,1H3,(H,20,21). The minimum absolute atomic E-state index is 0.105. The summed E-state index contributed by atoms with van der Waals surface area (Å²) in [4.78, 5) is 15.9. The highest BCUT2D eigenvalue weighted by Gasteiger charge is 2.28. The smallest absolute Gasteiger partial charge is 0.337 e. The zero-order valence-corrected chi connectivity index (χ0v) is 13.5. The first kappa shape index (κ1) is 15.9. The number of nitrogens with zero attached hydrogens (tertiary/aromatic N) is 1. The molecule has 3 aromatic rings. The number of aromatic nitrogens is 1. The van der Waals surface area contributed by atoms with Crippen LogP contribution in [0.3, 0.4) is 0 Å². The monoisotopic (exact) mass is 342 g/mol. The van der Waals surface area contributed by atoms with Crippen molar-refractivity contribution in [3.8, 4) is 11.3 Å². The highest BCUT2D eigenvalue weighted by molar-refractivity contribution is 7.91. The van der Waals surface area contributed by atoms with Crippen LogP contribution in [0.5, 0.6) is 0 Å². The first-order chi connectivity index (χ1) is 11.3. The van der Waals surface area contributed by atoms with E-state index in [4.69, 9.17) is 5.73 Å². The van der Waals surface area contributed by atoms with Crippen LogP contribution in [0.1, 0.15) is 10.4 Å². The van der Waals surface area contributed by atoms with Crippen molar-refractivity contribution in [2.24, 2.45) is 0 Å². The Bertz CT molecular complexity index is 1060. The second kappa shape index (κ2) is 5.61. The molecule has 3 N–H and O–H groups in total. The topological polar surface area (TPSA) is 110 Å². The molecular weight excluding hydrogens is 328 g/mol. The van der Waals surface area contributed by atoms with E-state index in [0.29, 0.717) is 11.1 Å².